The summed E-state index contributed by atoms with van der Waals surface area (Å²) in [7, 11) is -1.47. The molecule has 5 nitrogen and oxygen atoms in total. The predicted octanol–water partition coefficient (Wildman–Crippen LogP) is 4.52. The third kappa shape index (κ3) is 7.37. The van der Waals surface area contributed by atoms with Crippen LogP contribution in [-0.2, 0) is 0 Å². The van der Waals surface area contributed by atoms with Crippen molar-refractivity contribution in [3.8, 4) is 5.75 Å². The molecule has 2 aromatic rings. The molecule has 0 saturated heterocycles. The molecule has 0 radical (unpaired) electrons. The smallest absolute Gasteiger partial charge is 0.488 e. The molecule has 26 heavy (non-hydrogen) atoms. The first-order chi connectivity index (χ1) is 12.7. The maximum Gasteiger partial charge on any atom is 0.488 e. The van der Waals surface area contributed by atoms with Gasteiger partial charge in [0.15, 0.2) is 0 Å². The van der Waals surface area contributed by atoms with Crippen LogP contribution in [0.3, 0.4) is 0 Å². The van der Waals surface area contributed by atoms with Crippen molar-refractivity contribution < 1.29 is 14.8 Å². The molecule has 0 amide bonds. The Bertz CT molecular complexity index is 658. The van der Waals surface area contributed by atoms with Crippen LogP contribution in [0.1, 0.15) is 45.4 Å². The largest absolute Gasteiger partial charge is 0.494 e. The average Bonchev–Trinajstić information content (AvgIpc) is 2.67. The molecule has 0 atom stereocenters. The fraction of sp³-hybridized carbons (Fsp3) is 0.400. The van der Waals surface area contributed by atoms with Crippen LogP contribution in [0.2, 0.25) is 0 Å². The van der Waals surface area contributed by atoms with Crippen molar-refractivity contribution in [2.24, 2.45) is 10.2 Å². The van der Waals surface area contributed by atoms with Gasteiger partial charge >= 0.3 is 7.12 Å². The van der Waals surface area contributed by atoms with E-state index < -0.39 is 7.12 Å². The van der Waals surface area contributed by atoms with Gasteiger partial charge in [0, 0.05) is 0 Å². The monoisotopic (exact) mass is 354 g/mol. The van der Waals surface area contributed by atoms with Crippen molar-refractivity contribution in [2.45, 2.75) is 45.4 Å². The summed E-state index contributed by atoms with van der Waals surface area (Å²) >= 11 is 0. The maximum absolute atomic E-state index is 9.06. The van der Waals surface area contributed by atoms with Crippen molar-refractivity contribution >= 4 is 24.0 Å². The highest BCUT2D eigenvalue weighted by atomic mass is 16.5. The lowest BCUT2D eigenvalue weighted by molar-refractivity contribution is 0.304. The molecule has 0 saturated carbocycles. The number of azo groups is 1. The van der Waals surface area contributed by atoms with Gasteiger partial charge in [-0.3, -0.25) is 0 Å². The van der Waals surface area contributed by atoms with Crippen molar-refractivity contribution in [1.82, 2.24) is 0 Å². The molecule has 0 unspecified atom stereocenters. The molecular weight excluding hydrogens is 327 g/mol. The minimum absolute atomic E-state index is 0.427. The molecule has 0 aromatic heterocycles. The zero-order chi connectivity index (χ0) is 18.6. The SMILES string of the molecule is CCCCCCCCOc1ccc(N=Nc2ccc(B(O)O)cc2)cc1. The van der Waals surface area contributed by atoms with Gasteiger partial charge in [0.05, 0.1) is 18.0 Å². The van der Waals surface area contributed by atoms with Crippen LogP contribution in [0.15, 0.2) is 58.8 Å². The van der Waals surface area contributed by atoms with Gasteiger partial charge in [0.2, 0.25) is 0 Å². The van der Waals surface area contributed by atoms with Gasteiger partial charge in [0.25, 0.3) is 0 Å². The first-order valence-electron chi connectivity index (χ1n) is 9.29. The van der Waals surface area contributed by atoms with Gasteiger partial charge < -0.3 is 14.8 Å². The van der Waals surface area contributed by atoms with Crippen LogP contribution in [0, 0.1) is 0 Å². The molecule has 0 aliphatic carbocycles. The van der Waals surface area contributed by atoms with Gasteiger partial charge in [-0.25, -0.2) is 0 Å². The quantitative estimate of drug-likeness (QED) is 0.354. The molecule has 2 rings (SSSR count). The normalized spacial score (nSPS) is 11.0. The molecule has 0 aliphatic heterocycles. The van der Waals surface area contributed by atoms with Crippen LogP contribution >= 0.6 is 0 Å². The number of nitrogens with zero attached hydrogens (tertiary/aromatic N) is 2. The third-order valence-corrected chi connectivity index (χ3v) is 4.08. The summed E-state index contributed by atoms with van der Waals surface area (Å²) in [6.07, 6.45) is 7.51. The van der Waals surface area contributed by atoms with E-state index in [1.165, 1.54) is 32.1 Å². The highest BCUT2D eigenvalue weighted by molar-refractivity contribution is 6.58. The minimum atomic E-state index is -1.47. The zero-order valence-corrected chi connectivity index (χ0v) is 15.3. The van der Waals surface area contributed by atoms with Crippen molar-refractivity contribution in [1.29, 1.82) is 0 Å². The van der Waals surface area contributed by atoms with E-state index in [4.69, 9.17) is 14.8 Å². The van der Waals surface area contributed by atoms with Crippen LogP contribution < -0.4 is 10.2 Å². The van der Waals surface area contributed by atoms with E-state index >= 15 is 0 Å². The van der Waals surface area contributed by atoms with Crippen molar-refractivity contribution in [3.05, 3.63) is 48.5 Å². The highest BCUT2D eigenvalue weighted by Gasteiger charge is 2.09. The summed E-state index contributed by atoms with van der Waals surface area (Å²) < 4.78 is 5.75. The van der Waals surface area contributed by atoms with Gasteiger partial charge in [-0.2, -0.15) is 10.2 Å². The number of benzene rings is 2. The topological polar surface area (TPSA) is 74.4 Å². The second kappa shape index (κ2) is 11.4. The Labute approximate surface area is 155 Å². The van der Waals surface area contributed by atoms with Crippen molar-refractivity contribution in [2.75, 3.05) is 6.61 Å². The zero-order valence-electron chi connectivity index (χ0n) is 15.3. The Morgan fingerprint density at radius 1 is 0.769 bits per heavy atom. The lowest BCUT2D eigenvalue weighted by Crippen LogP contribution is -2.29. The van der Waals surface area contributed by atoms with E-state index in [0.29, 0.717) is 11.2 Å². The highest BCUT2D eigenvalue weighted by Crippen LogP contribution is 2.21. The molecule has 0 fully saturated rings. The molecule has 6 heteroatoms. The summed E-state index contributed by atoms with van der Waals surface area (Å²) in [5, 5.41) is 26.4. The van der Waals surface area contributed by atoms with E-state index in [0.717, 1.165) is 24.5 Å². The van der Waals surface area contributed by atoms with E-state index in [1.54, 1.807) is 24.3 Å². The summed E-state index contributed by atoms with van der Waals surface area (Å²) in [6, 6.07) is 14.1. The second-order valence-electron chi connectivity index (χ2n) is 6.28. The molecule has 2 aromatic carbocycles. The van der Waals surface area contributed by atoms with Crippen LogP contribution in [0.4, 0.5) is 11.4 Å². The van der Waals surface area contributed by atoms with E-state index in [1.807, 2.05) is 24.3 Å². The maximum atomic E-state index is 9.06. The average molecular weight is 354 g/mol. The Hall–Kier alpha value is -2.18. The molecule has 0 spiro atoms. The fourth-order valence-electron chi connectivity index (χ4n) is 2.51. The Balaban J connectivity index is 1.74. The summed E-state index contributed by atoms with van der Waals surface area (Å²) in [4.78, 5) is 0. The third-order valence-electron chi connectivity index (χ3n) is 4.08. The van der Waals surface area contributed by atoms with Crippen LogP contribution in [0.5, 0.6) is 5.75 Å². The lowest BCUT2D eigenvalue weighted by atomic mass is 9.80. The molecule has 2 N–H and O–H groups in total. The van der Waals surface area contributed by atoms with Gasteiger partial charge in [0.1, 0.15) is 5.75 Å². The minimum Gasteiger partial charge on any atom is -0.494 e. The summed E-state index contributed by atoms with van der Waals surface area (Å²) in [5.74, 6) is 0.846. The van der Waals surface area contributed by atoms with E-state index in [9.17, 15) is 0 Å². The lowest BCUT2D eigenvalue weighted by Gasteiger charge is -2.06. The number of hydrogen-bond acceptors (Lipinski definition) is 5. The molecular formula is C20H27BN2O3. The summed E-state index contributed by atoms with van der Waals surface area (Å²) in [6.45, 7) is 2.97. The standard InChI is InChI=1S/C20H27BN2O3/c1-2-3-4-5-6-7-16-26-20-14-12-19(13-15-20)23-22-18-10-8-17(9-11-18)21(24)25/h8-15,24-25H,2-7,16H2,1H3. The number of ether oxygens (including phenoxy) is 1. The van der Waals surface area contributed by atoms with E-state index in [2.05, 4.69) is 17.2 Å². The van der Waals surface area contributed by atoms with Gasteiger partial charge in [-0.15, -0.1) is 0 Å². The second-order valence-corrected chi connectivity index (χ2v) is 6.28. The van der Waals surface area contributed by atoms with Gasteiger partial charge in [-0.05, 0) is 48.3 Å². The number of unbranched alkanes of at least 4 members (excludes halogenated alkanes) is 5. The fourth-order valence-corrected chi connectivity index (χ4v) is 2.51. The Kier molecular flexibility index (Phi) is 8.86. The molecule has 0 heterocycles. The van der Waals surface area contributed by atoms with Crippen LogP contribution in [0.25, 0.3) is 0 Å². The molecule has 0 bridgehead atoms. The predicted molar refractivity (Wildman–Crippen MR) is 106 cm³/mol. The van der Waals surface area contributed by atoms with Crippen LogP contribution in [-0.4, -0.2) is 23.8 Å². The Morgan fingerprint density at radius 2 is 1.31 bits per heavy atom. The van der Waals surface area contributed by atoms with Gasteiger partial charge in [-0.1, -0.05) is 51.2 Å². The van der Waals surface area contributed by atoms with E-state index in [-0.39, 0.29) is 0 Å². The number of rotatable bonds is 11. The number of hydrogen-bond donors (Lipinski definition) is 2. The molecule has 138 valence electrons. The Morgan fingerprint density at radius 3 is 1.88 bits per heavy atom. The van der Waals surface area contributed by atoms with Crippen molar-refractivity contribution in [3.63, 3.8) is 0 Å². The first-order valence-corrected chi connectivity index (χ1v) is 9.29. The molecule has 0 aliphatic rings. The first kappa shape index (κ1) is 20.1. The summed E-state index contributed by atoms with van der Waals surface area (Å²) in [5.41, 5.74) is 1.82.